The molecule has 0 saturated heterocycles. The largest absolute Gasteiger partial charge is 0.497 e. The van der Waals surface area contributed by atoms with Crippen molar-refractivity contribution >= 4 is 12.0 Å². The van der Waals surface area contributed by atoms with Crippen LogP contribution in [0.1, 0.15) is 5.56 Å². The van der Waals surface area contributed by atoms with E-state index in [-0.39, 0.29) is 5.56 Å². The molecule has 21 heavy (non-hydrogen) atoms. The summed E-state index contributed by atoms with van der Waals surface area (Å²) < 4.78 is 6.65. The maximum atomic E-state index is 12.2. The van der Waals surface area contributed by atoms with Gasteiger partial charge in [0.05, 0.1) is 12.8 Å². The van der Waals surface area contributed by atoms with Crippen molar-refractivity contribution in [3.63, 3.8) is 0 Å². The third-order valence-electron chi connectivity index (χ3n) is 3.10. The summed E-state index contributed by atoms with van der Waals surface area (Å²) in [5.74, 6) is -0.385. The number of ether oxygens (including phenoxy) is 1. The van der Waals surface area contributed by atoms with E-state index >= 15 is 0 Å². The highest BCUT2D eigenvalue weighted by Gasteiger charge is 2.07. The Balaban J connectivity index is 2.50. The van der Waals surface area contributed by atoms with Crippen molar-refractivity contribution in [2.24, 2.45) is 7.05 Å². The van der Waals surface area contributed by atoms with Gasteiger partial charge in [-0.2, -0.15) is 0 Å². The number of methoxy groups -OCH3 is 1. The molecule has 5 nitrogen and oxygen atoms in total. The first kappa shape index (κ1) is 14.6. The van der Waals surface area contributed by atoms with Gasteiger partial charge >= 0.3 is 5.97 Å². The third kappa shape index (κ3) is 3.20. The Morgan fingerprint density at radius 2 is 2.05 bits per heavy atom. The highest BCUT2D eigenvalue weighted by molar-refractivity contribution is 5.85. The first-order valence-corrected chi connectivity index (χ1v) is 6.28. The van der Waals surface area contributed by atoms with Gasteiger partial charge < -0.3 is 14.4 Å². The van der Waals surface area contributed by atoms with Gasteiger partial charge in [-0.25, -0.2) is 4.79 Å². The van der Waals surface area contributed by atoms with Crippen LogP contribution in [0.2, 0.25) is 0 Å². The molecule has 1 aromatic heterocycles. The zero-order valence-corrected chi connectivity index (χ0v) is 11.7. The number of aromatic nitrogens is 1. The van der Waals surface area contributed by atoms with Gasteiger partial charge in [0.2, 0.25) is 0 Å². The van der Waals surface area contributed by atoms with Crippen LogP contribution in [0.25, 0.3) is 17.3 Å². The first-order chi connectivity index (χ1) is 10.0. The molecule has 0 spiro atoms. The number of carboxylic acids is 1. The molecule has 0 fully saturated rings. The van der Waals surface area contributed by atoms with Gasteiger partial charge in [0.1, 0.15) is 5.75 Å². The molecule has 1 heterocycles. The Bertz CT molecular complexity index is 759. The summed E-state index contributed by atoms with van der Waals surface area (Å²) in [6.45, 7) is 0. The maximum Gasteiger partial charge on any atom is 0.328 e. The Hall–Kier alpha value is -2.82. The minimum atomic E-state index is -1.09. The lowest BCUT2D eigenvalue weighted by molar-refractivity contribution is -0.131. The molecule has 0 radical (unpaired) electrons. The minimum absolute atomic E-state index is 0.257. The van der Waals surface area contributed by atoms with Crippen LogP contribution in [-0.2, 0) is 11.8 Å². The van der Waals surface area contributed by atoms with Crippen molar-refractivity contribution < 1.29 is 14.6 Å². The van der Waals surface area contributed by atoms with Crippen LogP contribution in [0.3, 0.4) is 0 Å². The van der Waals surface area contributed by atoms with Gasteiger partial charge in [0.15, 0.2) is 0 Å². The maximum absolute atomic E-state index is 12.2. The molecule has 5 heteroatoms. The van der Waals surface area contributed by atoms with Gasteiger partial charge in [-0.3, -0.25) is 4.79 Å². The lowest BCUT2D eigenvalue weighted by Gasteiger charge is -2.10. The predicted molar refractivity (Wildman–Crippen MR) is 80.3 cm³/mol. The summed E-state index contributed by atoms with van der Waals surface area (Å²) in [6, 6.07) is 10.8. The van der Waals surface area contributed by atoms with Crippen molar-refractivity contribution in [1.82, 2.24) is 4.57 Å². The summed E-state index contributed by atoms with van der Waals surface area (Å²) in [7, 11) is 3.23. The summed E-state index contributed by atoms with van der Waals surface area (Å²) in [4.78, 5) is 22.7. The SMILES string of the molecule is COc1cccc(-c2ccc(/C=C/C(=O)O)c(=O)n2C)c1. The molecule has 0 saturated carbocycles. The number of carbonyl (C=O) groups is 1. The second-order valence-electron chi connectivity index (χ2n) is 4.44. The second kappa shape index (κ2) is 6.09. The molecule has 108 valence electrons. The van der Waals surface area contributed by atoms with E-state index in [0.717, 1.165) is 17.3 Å². The van der Waals surface area contributed by atoms with E-state index in [0.29, 0.717) is 11.3 Å². The fourth-order valence-electron chi connectivity index (χ4n) is 2.02. The molecule has 0 bridgehead atoms. The fraction of sp³-hybridized carbons (Fsp3) is 0.125. The van der Waals surface area contributed by atoms with Gasteiger partial charge in [0, 0.05) is 24.3 Å². The third-order valence-corrected chi connectivity index (χ3v) is 3.10. The van der Waals surface area contributed by atoms with E-state index in [1.807, 2.05) is 24.3 Å². The van der Waals surface area contributed by atoms with Crippen molar-refractivity contribution in [3.8, 4) is 17.0 Å². The van der Waals surface area contributed by atoms with Crippen LogP contribution in [0.4, 0.5) is 0 Å². The van der Waals surface area contributed by atoms with Crippen molar-refractivity contribution in [3.05, 3.63) is 58.4 Å². The average Bonchev–Trinajstić information content (AvgIpc) is 2.48. The predicted octanol–water partition coefficient (Wildman–Crippen LogP) is 2.16. The van der Waals surface area contributed by atoms with Gasteiger partial charge in [-0.1, -0.05) is 12.1 Å². The molecule has 0 unspecified atom stereocenters. The molecule has 0 atom stereocenters. The number of hydrogen-bond donors (Lipinski definition) is 1. The molecule has 1 N–H and O–H groups in total. The number of aliphatic carboxylic acids is 1. The summed E-state index contributed by atoms with van der Waals surface area (Å²) in [6.07, 6.45) is 2.24. The van der Waals surface area contributed by atoms with Crippen LogP contribution < -0.4 is 10.3 Å². The van der Waals surface area contributed by atoms with E-state index < -0.39 is 5.97 Å². The zero-order valence-electron chi connectivity index (χ0n) is 11.7. The summed E-state index contributed by atoms with van der Waals surface area (Å²) >= 11 is 0. The number of nitrogens with zero attached hydrogens (tertiary/aromatic N) is 1. The Morgan fingerprint density at radius 1 is 1.29 bits per heavy atom. The number of pyridine rings is 1. The lowest BCUT2D eigenvalue weighted by atomic mass is 10.1. The van der Waals surface area contributed by atoms with Crippen LogP contribution in [-0.4, -0.2) is 22.8 Å². The van der Waals surface area contributed by atoms with Crippen LogP contribution in [0, 0.1) is 0 Å². The van der Waals surface area contributed by atoms with Gasteiger partial charge in [0.25, 0.3) is 5.56 Å². The molecule has 0 aliphatic carbocycles. The number of rotatable bonds is 4. The second-order valence-corrected chi connectivity index (χ2v) is 4.44. The normalized spacial score (nSPS) is 10.8. The van der Waals surface area contributed by atoms with E-state index in [4.69, 9.17) is 9.84 Å². The smallest absolute Gasteiger partial charge is 0.328 e. The zero-order chi connectivity index (χ0) is 15.4. The van der Waals surface area contributed by atoms with Crippen molar-refractivity contribution in [2.45, 2.75) is 0 Å². The molecule has 0 aliphatic rings. The molecule has 1 aromatic carbocycles. The highest BCUT2D eigenvalue weighted by Crippen LogP contribution is 2.22. The lowest BCUT2D eigenvalue weighted by Crippen LogP contribution is -2.20. The van der Waals surface area contributed by atoms with Crippen molar-refractivity contribution in [1.29, 1.82) is 0 Å². The summed E-state index contributed by atoms with van der Waals surface area (Å²) in [5.41, 5.74) is 1.65. The van der Waals surface area contributed by atoms with Gasteiger partial charge in [-0.05, 0) is 30.3 Å². The minimum Gasteiger partial charge on any atom is -0.497 e. The molecular formula is C16H15NO4. The molecule has 0 aliphatic heterocycles. The molecule has 2 aromatic rings. The number of hydrogen-bond acceptors (Lipinski definition) is 3. The standard InChI is InChI=1S/C16H15NO4/c1-17-14(12-4-3-5-13(10-12)21-2)8-6-11(16(17)20)7-9-15(18)19/h3-10H,1-2H3,(H,18,19)/b9-7+. The summed E-state index contributed by atoms with van der Waals surface area (Å²) in [5, 5.41) is 8.62. The topological polar surface area (TPSA) is 68.5 Å². The van der Waals surface area contributed by atoms with Crippen LogP contribution in [0.5, 0.6) is 5.75 Å². The molecular weight excluding hydrogens is 270 g/mol. The van der Waals surface area contributed by atoms with Crippen LogP contribution in [0.15, 0.2) is 47.3 Å². The van der Waals surface area contributed by atoms with E-state index in [2.05, 4.69) is 0 Å². The van der Waals surface area contributed by atoms with Crippen LogP contribution >= 0.6 is 0 Å². The molecule has 0 amide bonds. The Morgan fingerprint density at radius 3 is 2.71 bits per heavy atom. The van der Waals surface area contributed by atoms with E-state index in [1.54, 1.807) is 26.3 Å². The number of benzene rings is 1. The van der Waals surface area contributed by atoms with Crippen molar-refractivity contribution in [2.75, 3.05) is 7.11 Å². The molecule has 2 rings (SSSR count). The quantitative estimate of drug-likeness (QED) is 0.874. The fourth-order valence-corrected chi connectivity index (χ4v) is 2.02. The Labute approximate surface area is 121 Å². The number of carboxylic acid groups (broad SMARTS) is 1. The van der Waals surface area contributed by atoms with E-state index in [9.17, 15) is 9.59 Å². The van der Waals surface area contributed by atoms with Gasteiger partial charge in [-0.15, -0.1) is 0 Å². The van der Waals surface area contributed by atoms with E-state index in [1.165, 1.54) is 10.6 Å². The first-order valence-electron chi connectivity index (χ1n) is 6.28. The average molecular weight is 285 g/mol. The Kier molecular flexibility index (Phi) is 4.23. The highest BCUT2D eigenvalue weighted by atomic mass is 16.5. The monoisotopic (exact) mass is 285 g/mol.